The Bertz CT molecular complexity index is 740. The van der Waals surface area contributed by atoms with Crippen molar-refractivity contribution in [3.63, 3.8) is 0 Å². The maximum absolute atomic E-state index is 13.8. The quantitative estimate of drug-likeness (QED) is 0.844. The molecule has 0 saturated carbocycles. The number of benzene rings is 2. The second kappa shape index (κ2) is 6.57. The van der Waals surface area contributed by atoms with Crippen LogP contribution in [0, 0.1) is 12.7 Å². The SMILES string of the molecule is Cc1cccc(N2NNN(C)C2=O)c1CSc1ccccc1F. The number of hydrazine groups is 3. The van der Waals surface area contributed by atoms with E-state index < -0.39 is 0 Å². The van der Waals surface area contributed by atoms with Crippen LogP contribution in [0.15, 0.2) is 47.4 Å². The smallest absolute Gasteiger partial charge is 0.246 e. The van der Waals surface area contributed by atoms with Gasteiger partial charge in [-0.15, -0.1) is 22.8 Å². The molecule has 0 unspecified atom stereocenters. The Hall–Kier alpha value is -2.09. The number of anilines is 1. The summed E-state index contributed by atoms with van der Waals surface area (Å²) in [6.45, 7) is 1.98. The molecule has 1 aliphatic heterocycles. The van der Waals surface area contributed by atoms with Crippen molar-refractivity contribution in [2.24, 2.45) is 0 Å². The number of carbonyl (C=O) groups is 1. The van der Waals surface area contributed by atoms with Gasteiger partial charge in [0.1, 0.15) is 5.82 Å². The van der Waals surface area contributed by atoms with Gasteiger partial charge in [-0.05, 0) is 36.2 Å². The van der Waals surface area contributed by atoms with Gasteiger partial charge in [-0.3, -0.25) is 0 Å². The second-order valence-corrected chi connectivity index (χ2v) is 6.21. The summed E-state index contributed by atoms with van der Waals surface area (Å²) < 4.78 is 13.8. The van der Waals surface area contributed by atoms with Crippen LogP contribution < -0.4 is 16.1 Å². The molecule has 0 bridgehead atoms. The molecule has 2 aromatic carbocycles. The topological polar surface area (TPSA) is 47.6 Å². The first-order chi connectivity index (χ1) is 11.1. The van der Waals surface area contributed by atoms with E-state index in [1.807, 2.05) is 31.2 Å². The van der Waals surface area contributed by atoms with E-state index in [0.717, 1.165) is 16.8 Å². The van der Waals surface area contributed by atoms with Crippen molar-refractivity contribution in [1.29, 1.82) is 0 Å². The summed E-state index contributed by atoms with van der Waals surface area (Å²) in [7, 11) is 1.64. The Kier molecular flexibility index (Phi) is 4.51. The predicted octanol–water partition coefficient (Wildman–Crippen LogP) is 3.22. The number of thioether (sulfide) groups is 1. The number of hydrogen-bond donors (Lipinski definition) is 2. The van der Waals surface area contributed by atoms with Gasteiger partial charge in [0.25, 0.3) is 0 Å². The molecule has 1 aliphatic rings. The molecular formula is C16H17FN4OS. The monoisotopic (exact) mass is 332 g/mol. The molecule has 5 nitrogen and oxygen atoms in total. The van der Waals surface area contributed by atoms with Crippen molar-refractivity contribution < 1.29 is 9.18 Å². The highest BCUT2D eigenvalue weighted by atomic mass is 32.2. The van der Waals surface area contributed by atoms with E-state index >= 15 is 0 Å². The van der Waals surface area contributed by atoms with Crippen LogP contribution in [0.2, 0.25) is 0 Å². The van der Waals surface area contributed by atoms with Gasteiger partial charge >= 0.3 is 6.03 Å². The molecular weight excluding hydrogens is 315 g/mol. The highest BCUT2D eigenvalue weighted by Gasteiger charge is 2.28. The summed E-state index contributed by atoms with van der Waals surface area (Å²) in [5.74, 6) is 0.336. The van der Waals surface area contributed by atoms with E-state index in [4.69, 9.17) is 0 Å². The molecule has 7 heteroatoms. The third-order valence-corrected chi connectivity index (χ3v) is 4.72. The van der Waals surface area contributed by atoms with Crippen molar-refractivity contribution in [2.75, 3.05) is 12.1 Å². The van der Waals surface area contributed by atoms with Crippen LogP contribution >= 0.6 is 11.8 Å². The van der Waals surface area contributed by atoms with E-state index in [2.05, 4.69) is 11.1 Å². The number of amides is 2. The first-order valence-corrected chi connectivity index (χ1v) is 8.11. The molecule has 2 aromatic rings. The Morgan fingerprint density at radius 1 is 1.13 bits per heavy atom. The molecule has 0 aliphatic carbocycles. The van der Waals surface area contributed by atoms with Gasteiger partial charge in [-0.2, -0.15) is 0 Å². The van der Waals surface area contributed by atoms with Gasteiger partial charge < -0.3 is 0 Å². The minimum Gasteiger partial charge on any atom is -0.246 e. The standard InChI is InChI=1S/C16H17FN4OS/c1-11-6-5-8-14(21-16(22)20(2)18-19-21)12(11)10-23-15-9-4-3-7-13(15)17/h3-9,18-19H,10H2,1-2H3. The Balaban J connectivity index is 1.87. The Labute approximate surface area is 138 Å². The zero-order valence-corrected chi connectivity index (χ0v) is 13.7. The zero-order chi connectivity index (χ0) is 16.4. The van der Waals surface area contributed by atoms with Crippen molar-refractivity contribution in [3.05, 3.63) is 59.4 Å². The van der Waals surface area contributed by atoms with E-state index in [-0.39, 0.29) is 11.8 Å². The molecule has 2 amide bonds. The lowest BCUT2D eigenvalue weighted by Crippen LogP contribution is -2.38. The summed E-state index contributed by atoms with van der Waals surface area (Å²) in [6.07, 6.45) is 0. The molecule has 2 N–H and O–H groups in total. The number of nitrogens with zero attached hydrogens (tertiary/aromatic N) is 2. The normalized spacial score (nSPS) is 14.7. The van der Waals surface area contributed by atoms with Gasteiger partial charge in [0.05, 0.1) is 5.69 Å². The van der Waals surface area contributed by atoms with Crippen molar-refractivity contribution in [3.8, 4) is 0 Å². The van der Waals surface area contributed by atoms with Crippen LogP contribution in [-0.4, -0.2) is 18.1 Å². The number of rotatable bonds is 4. The molecule has 1 saturated heterocycles. The highest BCUT2D eigenvalue weighted by Crippen LogP contribution is 2.32. The first kappa shape index (κ1) is 15.8. The van der Waals surface area contributed by atoms with Crippen LogP contribution in [0.1, 0.15) is 11.1 Å². The largest absolute Gasteiger partial charge is 0.355 e. The van der Waals surface area contributed by atoms with E-state index in [9.17, 15) is 9.18 Å². The molecule has 23 heavy (non-hydrogen) atoms. The summed E-state index contributed by atoms with van der Waals surface area (Å²) in [4.78, 5) is 12.8. The predicted molar refractivity (Wildman–Crippen MR) is 89.0 cm³/mol. The van der Waals surface area contributed by atoms with E-state index in [1.54, 1.807) is 19.2 Å². The minimum absolute atomic E-state index is 0.201. The van der Waals surface area contributed by atoms with Crippen LogP contribution in [0.25, 0.3) is 0 Å². The van der Waals surface area contributed by atoms with Gasteiger partial charge in [0.2, 0.25) is 0 Å². The number of halogens is 1. The molecule has 0 atom stereocenters. The second-order valence-electron chi connectivity index (χ2n) is 5.19. The molecule has 3 rings (SSSR count). The van der Waals surface area contributed by atoms with Crippen molar-refractivity contribution >= 4 is 23.5 Å². The molecule has 0 radical (unpaired) electrons. The van der Waals surface area contributed by atoms with Gasteiger partial charge in [-0.1, -0.05) is 24.3 Å². The number of aryl methyl sites for hydroxylation is 1. The lowest BCUT2D eigenvalue weighted by atomic mass is 10.1. The lowest BCUT2D eigenvalue weighted by molar-refractivity contribution is 0.214. The van der Waals surface area contributed by atoms with E-state index in [1.165, 1.54) is 27.8 Å². The molecule has 0 aromatic heterocycles. The number of nitrogens with one attached hydrogen (secondary N) is 2. The summed E-state index contributed by atoms with van der Waals surface area (Å²) in [6, 6.07) is 12.2. The van der Waals surface area contributed by atoms with Crippen LogP contribution in [-0.2, 0) is 5.75 Å². The van der Waals surface area contributed by atoms with Gasteiger partial charge in [-0.25, -0.2) is 19.2 Å². The fourth-order valence-corrected chi connectivity index (χ4v) is 3.39. The molecule has 1 heterocycles. The lowest BCUT2D eigenvalue weighted by Gasteiger charge is -2.19. The third-order valence-electron chi connectivity index (χ3n) is 3.64. The third kappa shape index (κ3) is 3.17. The average Bonchev–Trinajstić information content (AvgIpc) is 2.87. The van der Waals surface area contributed by atoms with Gasteiger partial charge in [0, 0.05) is 17.7 Å². The number of urea groups is 1. The van der Waals surface area contributed by atoms with Crippen LogP contribution in [0.4, 0.5) is 14.9 Å². The Morgan fingerprint density at radius 3 is 2.61 bits per heavy atom. The minimum atomic E-state index is -0.232. The van der Waals surface area contributed by atoms with Gasteiger partial charge in [0.15, 0.2) is 0 Å². The summed E-state index contributed by atoms with van der Waals surface area (Å²) in [5, 5.41) is 2.81. The zero-order valence-electron chi connectivity index (χ0n) is 12.8. The average molecular weight is 332 g/mol. The fourth-order valence-electron chi connectivity index (χ4n) is 2.33. The summed E-state index contributed by atoms with van der Waals surface area (Å²) >= 11 is 1.41. The summed E-state index contributed by atoms with van der Waals surface area (Å²) in [5.41, 5.74) is 8.36. The van der Waals surface area contributed by atoms with Crippen LogP contribution in [0.3, 0.4) is 0 Å². The first-order valence-electron chi connectivity index (χ1n) is 7.13. The fraction of sp³-hybridized carbons (Fsp3) is 0.188. The van der Waals surface area contributed by atoms with Crippen LogP contribution in [0.5, 0.6) is 0 Å². The Morgan fingerprint density at radius 2 is 1.91 bits per heavy atom. The molecule has 120 valence electrons. The van der Waals surface area contributed by atoms with E-state index in [0.29, 0.717) is 10.6 Å². The maximum Gasteiger partial charge on any atom is 0.355 e. The molecule has 1 fully saturated rings. The maximum atomic E-state index is 13.8. The van der Waals surface area contributed by atoms with Crippen molar-refractivity contribution in [1.82, 2.24) is 16.1 Å². The number of hydrogen-bond acceptors (Lipinski definition) is 4. The van der Waals surface area contributed by atoms with Crippen molar-refractivity contribution in [2.45, 2.75) is 17.6 Å². The highest BCUT2D eigenvalue weighted by molar-refractivity contribution is 7.98. The molecule has 0 spiro atoms. The number of carbonyl (C=O) groups excluding carboxylic acids is 1.